The molecule has 1 nitrogen and oxygen atoms in total. The molecule has 1 heterocycles. The van der Waals surface area contributed by atoms with Gasteiger partial charge in [-0.15, -0.1) is 11.3 Å². The molecule has 0 atom stereocenters. The number of benzene rings is 6. The summed E-state index contributed by atoms with van der Waals surface area (Å²) in [5, 5.41) is 11.4. The molecule has 1 N–H and O–H groups in total. The van der Waals surface area contributed by atoms with E-state index in [1.54, 1.807) is 0 Å². The van der Waals surface area contributed by atoms with Crippen molar-refractivity contribution in [2.75, 3.05) is 5.32 Å². The zero-order valence-corrected chi connectivity index (χ0v) is 19.3. The van der Waals surface area contributed by atoms with Gasteiger partial charge < -0.3 is 5.32 Å². The lowest BCUT2D eigenvalue weighted by Crippen LogP contribution is -1.90. The van der Waals surface area contributed by atoms with Crippen LogP contribution in [-0.2, 0) is 0 Å². The third kappa shape index (κ3) is 3.23. The van der Waals surface area contributed by atoms with Gasteiger partial charge in [-0.2, -0.15) is 0 Å². The van der Waals surface area contributed by atoms with Gasteiger partial charge in [-0.05, 0) is 69.1 Å². The fourth-order valence-electron chi connectivity index (χ4n) is 4.91. The van der Waals surface area contributed by atoms with Crippen LogP contribution in [0.3, 0.4) is 0 Å². The molecular weight excluding hydrogens is 430 g/mol. The van der Waals surface area contributed by atoms with Crippen molar-refractivity contribution in [3.8, 4) is 11.1 Å². The molecule has 0 radical (unpaired) electrons. The molecule has 0 spiro atoms. The van der Waals surface area contributed by atoms with Gasteiger partial charge in [0.15, 0.2) is 0 Å². The summed E-state index contributed by atoms with van der Waals surface area (Å²) in [6.45, 7) is 0. The molecule has 7 aromatic rings. The fraction of sp³-hybridized carbons (Fsp3) is 0. The second-order valence-corrected chi connectivity index (χ2v) is 9.82. The van der Waals surface area contributed by atoms with Crippen molar-refractivity contribution in [3.63, 3.8) is 0 Å². The topological polar surface area (TPSA) is 12.0 Å². The summed E-state index contributed by atoms with van der Waals surface area (Å²) in [6, 6.07) is 43.7. The lowest BCUT2D eigenvalue weighted by atomic mass is 10.0. The standard InChI is InChI=1S/C32H21NS/c1-2-6-27-22(5-1)9-10-24-19-26(16-18-28(24)27)33-25-14-11-21(12-15-25)23-13-17-30-29-7-3-4-8-31(29)34-32(30)20-23/h1-20,33H. The first-order valence-corrected chi connectivity index (χ1v) is 12.3. The molecule has 0 aliphatic rings. The minimum Gasteiger partial charge on any atom is -0.356 e. The maximum Gasteiger partial charge on any atom is 0.0390 e. The van der Waals surface area contributed by atoms with E-state index in [1.807, 2.05) is 11.3 Å². The number of hydrogen-bond acceptors (Lipinski definition) is 2. The van der Waals surface area contributed by atoms with Gasteiger partial charge in [-0.3, -0.25) is 0 Å². The quantitative estimate of drug-likeness (QED) is 0.264. The highest BCUT2D eigenvalue weighted by Gasteiger charge is 2.07. The SMILES string of the molecule is c1ccc2c(c1)ccc1cc(Nc3ccc(-c4ccc5c(c4)sc4ccccc45)cc3)ccc12. The maximum atomic E-state index is 3.57. The number of anilines is 2. The highest BCUT2D eigenvalue weighted by molar-refractivity contribution is 7.25. The van der Waals surface area contributed by atoms with E-state index >= 15 is 0 Å². The summed E-state index contributed by atoms with van der Waals surface area (Å²) < 4.78 is 2.68. The van der Waals surface area contributed by atoms with Gasteiger partial charge in [0.05, 0.1) is 0 Å². The van der Waals surface area contributed by atoms with Crippen LogP contribution in [0.1, 0.15) is 0 Å². The highest BCUT2D eigenvalue weighted by atomic mass is 32.1. The third-order valence-corrected chi connectivity index (χ3v) is 7.76. The Morgan fingerprint density at radius 3 is 1.97 bits per heavy atom. The van der Waals surface area contributed by atoms with E-state index in [4.69, 9.17) is 0 Å². The van der Waals surface area contributed by atoms with E-state index in [2.05, 4.69) is 127 Å². The van der Waals surface area contributed by atoms with Crippen molar-refractivity contribution in [2.45, 2.75) is 0 Å². The predicted molar refractivity (Wildman–Crippen MR) is 150 cm³/mol. The number of nitrogens with one attached hydrogen (secondary N) is 1. The molecule has 0 aliphatic heterocycles. The van der Waals surface area contributed by atoms with Crippen LogP contribution in [0.2, 0.25) is 0 Å². The molecule has 0 fully saturated rings. The first kappa shape index (κ1) is 19.3. The van der Waals surface area contributed by atoms with Gasteiger partial charge in [0.25, 0.3) is 0 Å². The minimum absolute atomic E-state index is 1.09. The second-order valence-electron chi connectivity index (χ2n) is 8.73. The van der Waals surface area contributed by atoms with E-state index in [-0.39, 0.29) is 0 Å². The maximum absolute atomic E-state index is 3.57. The summed E-state index contributed by atoms with van der Waals surface area (Å²) in [5.41, 5.74) is 4.67. The van der Waals surface area contributed by atoms with Gasteiger partial charge in [-0.1, -0.05) is 84.9 Å². The Hall–Kier alpha value is -4.14. The van der Waals surface area contributed by atoms with Gasteiger partial charge in [-0.25, -0.2) is 0 Å². The molecule has 0 saturated heterocycles. The average molecular weight is 452 g/mol. The summed E-state index contributed by atoms with van der Waals surface area (Å²) in [7, 11) is 0. The Morgan fingerprint density at radius 2 is 1.06 bits per heavy atom. The number of hydrogen-bond donors (Lipinski definition) is 1. The first-order chi connectivity index (χ1) is 16.8. The molecule has 0 amide bonds. The van der Waals surface area contributed by atoms with Crippen LogP contribution in [0, 0.1) is 0 Å². The number of thiophene rings is 1. The van der Waals surface area contributed by atoms with Crippen LogP contribution in [0.25, 0.3) is 52.8 Å². The largest absolute Gasteiger partial charge is 0.356 e. The molecule has 6 aromatic carbocycles. The van der Waals surface area contributed by atoms with Crippen molar-refractivity contribution in [1.29, 1.82) is 0 Å². The number of rotatable bonds is 3. The Bertz CT molecular complexity index is 1830. The average Bonchev–Trinajstić information content (AvgIpc) is 3.27. The van der Waals surface area contributed by atoms with Gasteiger partial charge in [0, 0.05) is 31.5 Å². The molecule has 0 unspecified atom stereocenters. The molecule has 34 heavy (non-hydrogen) atoms. The van der Waals surface area contributed by atoms with Gasteiger partial charge >= 0.3 is 0 Å². The Kier molecular flexibility index (Phi) is 4.39. The summed E-state index contributed by atoms with van der Waals surface area (Å²) in [6.07, 6.45) is 0. The summed E-state index contributed by atoms with van der Waals surface area (Å²) >= 11 is 1.86. The monoisotopic (exact) mass is 451 g/mol. The van der Waals surface area contributed by atoms with Crippen molar-refractivity contribution >= 4 is 64.4 Å². The third-order valence-electron chi connectivity index (χ3n) is 6.63. The number of fused-ring (bicyclic) bond motifs is 6. The molecule has 1 aromatic heterocycles. The molecule has 7 rings (SSSR count). The van der Waals surface area contributed by atoms with Crippen LogP contribution < -0.4 is 5.32 Å². The molecule has 0 saturated carbocycles. The predicted octanol–water partition coefficient (Wildman–Crippen LogP) is 9.77. The van der Waals surface area contributed by atoms with E-state index in [0.29, 0.717) is 0 Å². The Balaban J connectivity index is 1.18. The smallest absolute Gasteiger partial charge is 0.0390 e. The second kappa shape index (κ2) is 7.72. The van der Waals surface area contributed by atoms with Gasteiger partial charge in [0.1, 0.15) is 0 Å². The van der Waals surface area contributed by atoms with Crippen molar-refractivity contribution in [1.82, 2.24) is 0 Å². The summed E-state index contributed by atoms with van der Waals surface area (Å²) in [4.78, 5) is 0. The Labute approximate surface area is 201 Å². The van der Waals surface area contributed by atoms with Crippen LogP contribution in [-0.4, -0.2) is 0 Å². The molecule has 160 valence electrons. The lowest BCUT2D eigenvalue weighted by Gasteiger charge is -2.10. The van der Waals surface area contributed by atoms with Crippen molar-refractivity contribution in [2.24, 2.45) is 0 Å². The zero-order chi connectivity index (χ0) is 22.5. The van der Waals surface area contributed by atoms with Gasteiger partial charge in [0.2, 0.25) is 0 Å². The highest BCUT2D eigenvalue weighted by Crippen LogP contribution is 2.36. The van der Waals surface area contributed by atoms with E-state index in [9.17, 15) is 0 Å². The van der Waals surface area contributed by atoms with Crippen molar-refractivity contribution in [3.05, 3.63) is 121 Å². The molecule has 0 bridgehead atoms. The normalized spacial score (nSPS) is 11.5. The molecule has 0 aliphatic carbocycles. The van der Waals surface area contributed by atoms with Crippen LogP contribution in [0.5, 0.6) is 0 Å². The summed E-state index contributed by atoms with van der Waals surface area (Å²) in [5.74, 6) is 0. The van der Waals surface area contributed by atoms with Crippen LogP contribution in [0.15, 0.2) is 121 Å². The van der Waals surface area contributed by atoms with E-state index < -0.39 is 0 Å². The Morgan fingerprint density at radius 1 is 0.412 bits per heavy atom. The zero-order valence-electron chi connectivity index (χ0n) is 18.5. The molecule has 2 heteroatoms. The van der Waals surface area contributed by atoms with Crippen molar-refractivity contribution < 1.29 is 0 Å². The lowest BCUT2D eigenvalue weighted by molar-refractivity contribution is 1.56. The van der Waals surface area contributed by atoms with Crippen LogP contribution in [0.4, 0.5) is 11.4 Å². The fourth-order valence-corrected chi connectivity index (χ4v) is 6.05. The minimum atomic E-state index is 1.09. The first-order valence-electron chi connectivity index (χ1n) is 11.5. The van der Waals surface area contributed by atoms with Crippen LogP contribution >= 0.6 is 11.3 Å². The van der Waals surface area contributed by atoms with E-state index in [1.165, 1.54) is 52.8 Å². The van der Waals surface area contributed by atoms with E-state index in [0.717, 1.165) is 11.4 Å². The molecular formula is C32H21NS.